The minimum atomic E-state index is 0. The van der Waals surface area contributed by atoms with Gasteiger partial charge in [0.05, 0.1) is 6.54 Å². The predicted octanol–water partition coefficient (Wildman–Crippen LogP) is 4.00. The molecule has 0 radical (unpaired) electrons. The van der Waals surface area contributed by atoms with Crippen LogP contribution in [0.1, 0.15) is 52.0 Å². The number of halogens is 1. The van der Waals surface area contributed by atoms with Crippen LogP contribution in [0.3, 0.4) is 0 Å². The molecule has 3 N–H and O–H groups in total. The molecule has 1 aromatic carbocycles. The standard InChI is InChI=1S/C22H38N4O.HI/c1-4-23-22(24-13-5-6-18(2)3)25-16-19-7-9-21(10-8-19)26-14-11-20(17-27)12-15-26;/h7-10,18,20,27H,4-6,11-17H2,1-3H3,(H2,23,24,25);1H. The van der Waals surface area contributed by atoms with Crippen LogP contribution in [0.2, 0.25) is 0 Å². The maximum absolute atomic E-state index is 9.28. The van der Waals surface area contributed by atoms with Gasteiger partial charge in [-0.05, 0) is 62.1 Å². The van der Waals surface area contributed by atoms with Crippen LogP contribution in [0.25, 0.3) is 0 Å². The molecule has 1 aliphatic rings. The number of nitrogens with zero attached hydrogens (tertiary/aromatic N) is 2. The van der Waals surface area contributed by atoms with Crippen LogP contribution in [-0.2, 0) is 6.54 Å². The van der Waals surface area contributed by atoms with E-state index < -0.39 is 0 Å². The number of piperidine rings is 1. The SMILES string of the molecule is CCNC(=NCc1ccc(N2CCC(CO)CC2)cc1)NCCCC(C)C.I. The van der Waals surface area contributed by atoms with E-state index in [9.17, 15) is 5.11 Å². The Kier molecular flexibility index (Phi) is 12.5. The van der Waals surface area contributed by atoms with Gasteiger partial charge in [0.2, 0.25) is 0 Å². The Labute approximate surface area is 188 Å². The molecular formula is C22H39IN4O. The summed E-state index contributed by atoms with van der Waals surface area (Å²) in [6.07, 6.45) is 4.57. The van der Waals surface area contributed by atoms with E-state index in [1.807, 2.05) is 0 Å². The van der Waals surface area contributed by atoms with Gasteiger partial charge in [0.15, 0.2) is 5.96 Å². The zero-order chi connectivity index (χ0) is 19.5. The van der Waals surface area contributed by atoms with Gasteiger partial charge in [0, 0.05) is 38.5 Å². The summed E-state index contributed by atoms with van der Waals surface area (Å²) in [5.74, 6) is 2.13. The smallest absolute Gasteiger partial charge is 0.191 e. The van der Waals surface area contributed by atoms with Crippen molar-refractivity contribution in [3.05, 3.63) is 29.8 Å². The molecular weight excluding hydrogens is 463 g/mol. The van der Waals surface area contributed by atoms with Crippen molar-refractivity contribution >= 4 is 35.6 Å². The van der Waals surface area contributed by atoms with Crippen LogP contribution in [0.4, 0.5) is 5.69 Å². The van der Waals surface area contributed by atoms with Crippen molar-refractivity contribution in [2.75, 3.05) is 37.7 Å². The van der Waals surface area contributed by atoms with Gasteiger partial charge in [0.1, 0.15) is 0 Å². The first-order valence-electron chi connectivity index (χ1n) is 10.6. The molecule has 0 amide bonds. The molecule has 1 heterocycles. The number of rotatable bonds is 9. The summed E-state index contributed by atoms with van der Waals surface area (Å²) < 4.78 is 0. The topological polar surface area (TPSA) is 59.9 Å². The molecule has 28 heavy (non-hydrogen) atoms. The monoisotopic (exact) mass is 502 g/mol. The van der Waals surface area contributed by atoms with Gasteiger partial charge in [-0.3, -0.25) is 0 Å². The first-order chi connectivity index (χ1) is 13.1. The summed E-state index contributed by atoms with van der Waals surface area (Å²) in [7, 11) is 0. The largest absolute Gasteiger partial charge is 0.396 e. The second-order valence-corrected chi connectivity index (χ2v) is 7.94. The normalized spacial score (nSPS) is 15.5. The van der Waals surface area contributed by atoms with Crippen molar-refractivity contribution in [3.63, 3.8) is 0 Å². The Morgan fingerprint density at radius 3 is 2.43 bits per heavy atom. The van der Waals surface area contributed by atoms with Crippen molar-refractivity contribution in [1.29, 1.82) is 0 Å². The van der Waals surface area contributed by atoms with Gasteiger partial charge >= 0.3 is 0 Å². The minimum absolute atomic E-state index is 0. The third kappa shape index (κ3) is 8.99. The fourth-order valence-corrected chi connectivity index (χ4v) is 3.42. The highest BCUT2D eigenvalue weighted by Gasteiger charge is 2.18. The zero-order valence-electron chi connectivity index (χ0n) is 17.8. The van der Waals surface area contributed by atoms with E-state index >= 15 is 0 Å². The zero-order valence-corrected chi connectivity index (χ0v) is 20.1. The summed E-state index contributed by atoms with van der Waals surface area (Å²) >= 11 is 0. The molecule has 1 aliphatic heterocycles. The summed E-state index contributed by atoms with van der Waals surface area (Å²) in [5, 5.41) is 16.0. The van der Waals surface area contributed by atoms with Crippen molar-refractivity contribution in [2.45, 2.75) is 53.0 Å². The van der Waals surface area contributed by atoms with Crippen molar-refractivity contribution in [1.82, 2.24) is 10.6 Å². The van der Waals surface area contributed by atoms with Gasteiger partial charge < -0.3 is 20.6 Å². The molecule has 1 aromatic rings. The average molecular weight is 502 g/mol. The number of benzene rings is 1. The Bertz CT molecular complexity index is 554. The number of nitrogens with one attached hydrogen (secondary N) is 2. The lowest BCUT2D eigenvalue weighted by molar-refractivity contribution is 0.203. The van der Waals surface area contributed by atoms with E-state index in [1.54, 1.807) is 0 Å². The second-order valence-electron chi connectivity index (χ2n) is 7.94. The molecule has 5 nitrogen and oxygen atoms in total. The van der Waals surface area contributed by atoms with E-state index in [0.29, 0.717) is 19.1 Å². The number of aliphatic hydroxyl groups is 1. The van der Waals surface area contributed by atoms with E-state index in [1.165, 1.54) is 24.1 Å². The Balaban J connectivity index is 0.00000392. The van der Waals surface area contributed by atoms with Gasteiger partial charge in [-0.25, -0.2) is 4.99 Å². The summed E-state index contributed by atoms with van der Waals surface area (Å²) in [5.41, 5.74) is 2.50. The lowest BCUT2D eigenvalue weighted by Gasteiger charge is -2.32. The summed E-state index contributed by atoms with van der Waals surface area (Å²) in [6, 6.07) is 8.76. The van der Waals surface area contributed by atoms with Crippen molar-refractivity contribution in [2.24, 2.45) is 16.8 Å². The molecule has 0 bridgehead atoms. The van der Waals surface area contributed by atoms with Crippen LogP contribution in [0, 0.1) is 11.8 Å². The third-order valence-electron chi connectivity index (χ3n) is 5.19. The number of guanidine groups is 1. The molecule has 0 aliphatic carbocycles. The lowest BCUT2D eigenvalue weighted by atomic mass is 9.97. The van der Waals surface area contributed by atoms with Crippen LogP contribution < -0.4 is 15.5 Å². The van der Waals surface area contributed by atoms with Crippen molar-refractivity contribution in [3.8, 4) is 0 Å². The first-order valence-corrected chi connectivity index (χ1v) is 10.6. The number of aliphatic imine (C=N–C) groups is 1. The molecule has 2 rings (SSSR count). The molecule has 0 unspecified atom stereocenters. The average Bonchev–Trinajstić information content (AvgIpc) is 2.69. The molecule has 1 fully saturated rings. The summed E-state index contributed by atoms with van der Waals surface area (Å²) in [4.78, 5) is 7.13. The fourth-order valence-electron chi connectivity index (χ4n) is 3.42. The van der Waals surface area contributed by atoms with Gasteiger partial charge in [-0.2, -0.15) is 0 Å². The van der Waals surface area contributed by atoms with E-state index in [4.69, 9.17) is 4.99 Å². The molecule has 160 valence electrons. The number of hydrogen-bond donors (Lipinski definition) is 3. The molecule has 0 atom stereocenters. The van der Waals surface area contributed by atoms with E-state index in [-0.39, 0.29) is 24.0 Å². The highest BCUT2D eigenvalue weighted by Crippen LogP contribution is 2.23. The number of anilines is 1. The van der Waals surface area contributed by atoms with Crippen LogP contribution in [0.15, 0.2) is 29.3 Å². The minimum Gasteiger partial charge on any atom is -0.396 e. The maximum atomic E-state index is 9.28. The number of hydrogen-bond acceptors (Lipinski definition) is 3. The second kappa shape index (κ2) is 14.0. The quantitative estimate of drug-likeness (QED) is 0.207. The van der Waals surface area contributed by atoms with Gasteiger partial charge in [-0.1, -0.05) is 26.0 Å². The molecule has 0 aromatic heterocycles. The van der Waals surface area contributed by atoms with Gasteiger partial charge in [-0.15, -0.1) is 24.0 Å². The van der Waals surface area contributed by atoms with E-state index in [2.05, 4.69) is 60.6 Å². The van der Waals surface area contributed by atoms with Crippen LogP contribution in [0.5, 0.6) is 0 Å². The number of aliphatic hydroxyl groups excluding tert-OH is 1. The highest BCUT2D eigenvalue weighted by atomic mass is 127. The molecule has 0 spiro atoms. The Morgan fingerprint density at radius 2 is 1.86 bits per heavy atom. The predicted molar refractivity (Wildman–Crippen MR) is 131 cm³/mol. The third-order valence-corrected chi connectivity index (χ3v) is 5.19. The molecule has 0 saturated carbocycles. The van der Waals surface area contributed by atoms with E-state index in [0.717, 1.165) is 50.9 Å². The highest BCUT2D eigenvalue weighted by molar-refractivity contribution is 14.0. The van der Waals surface area contributed by atoms with Gasteiger partial charge in [0.25, 0.3) is 0 Å². The molecule has 1 saturated heterocycles. The summed E-state index contributed by atoms with van der Waals surface area (Å²) in [6.45, 7) is 11.5. The fraction of sp³-hybridized carbons (Fsp3) is 0.682. The first kappa shape index (κ1) is 25.0. The Morgan fingerprint density at radius 1 is 1.18 bits per heavy atom. The molecule has 6 heteroatoms. The van der Waals surface area contributed by atoms with Crippen LogP contribution >= 0.6 is 24.0 Å². The van der Waals surface area contributed by atoms with Crippen LogP contribution in [-0.4, -0.2) is 43.9 Å². The lowest BCUT2D eigenvalue weighted by Crippen LogP contribution is -2.37. The van der Waals surface area contributed by atoms with Crippen molar-refractivity contribution < 1.29 is 5.11 Å². The maximum Gasteiger partial charge on any atom is 0.191 e. The Hall–Kier alpha value is -1.02.